The quantitative estimate of drug-likeness (QED) is 0.0854. The van der Waals surface area contributed by atoms with Crippen LogP contribution in [-0.2, 0) is 44.9 Å². The van der Waals surface area contributed by atoms with Crippen molar-refractivity contribution in [2.75, 3.05) is 27.2 Å². The maximum atomic E-state index is 14.7. The van der Waals surface area contributed by atoms with E-state index in [1.54, 1.807) is 24.1 Å². The fourth-order valence-electron chi connectivity index (χ4n) is 10.3. The zero-order chi connectivity index (χ0) is 47.0. The second-order valence-electron chi connectivity index (χ2n) is 19.7. The molecule has 0 radical (unpaired) electrons. The van der Waals surface area contributed by atoms with E-state index in [0.717, 1.165) is 111 Å². The number of fused-ring (bicyclic) bond motifs is 1. The monoisotopic (exact) mass is 910 g/mol. The molecule has 0 spiro atoms. The van der Waals surface area contributed by atoms with Gasteiger partial charge in [0.1, 0.15) is 12.1 Å². The van der Waals surface area contributed by atoms with Gasteiger partial charge in [0, 0.05) is 79.7 Å². The summed E-state index contributed by atoms with van der Waals surface area (Å²) in [4.78, 5) is 55.2. The molecule has 12 heteroatoms. The third-order valence-corrected chi connectivity index (χ3v) is 15.7. The SMILES string of the molecule is CCCc1cnc(C(C)OC)c(-c2c(CC(C)(C)CC)c3cc(-c4csc(CC(NC(=O)C(C5CCCC5)N(C)C(=O)C(CC)C(C)CC)C(=O)N5CCCCN5)n4)ccc3n2CC)c1. The van der Waals surface area contributed by atoms with E-state index in [0.29, 0.717) is 13.1 Å². The summed E-state index contributed by atoms with van der Waals surface area (Å²) in [5, 5.41) is 8.97. The van der Waals surface area contributed by atoms with Crippen LogP contribution in [0.2, 0.25) is 0 Å². The average molecular weight is 910 g/mol. The number of pyridine rings is 1. The number of ether oxygens (including phenoxy) is 1. The normalized spacial score (nSPS) is 17.2. The van der Waals surface area contributed by atoms with E-state index in [1.807, 2.05) is 6.20 Å². The highest BCUT2D eigenvalue weighted by Gasteiger charge is 2.41. The lowest BCUT2D eigenvalue weighted by Gasteiger charge is -2.37. The van der Waals surface area contributed by atoms with E-state index < -0.39 is 12.1 Å². The highest BCUT2D eigenvalue weighted by Crippen LogP contribution is 2.43. The number of carbonyl (C=O) groups is 3. The van der Waals surface area contributed by atoms with Gasteiger partial charge in [0.2, 0.25) is 11.8 Å². The van der Waals surface area contributed by atoms with E-state index in [-0.39, 0.29) is 53.4 Å². The minimum atomic E-state index is -0.844. The van der Waals surface area contributed by atoms with Crippen molar-refractivity contribution in [3.63, 3.8) is 0 Å². The van der Waals surface area contributed by atoms with Crippen LogP contribution < -0.4 is 10.7 Å². The second kappa shape index (κ2) is 22.6. The summed E-state index contributed by atoms with van der Waals surface area (Å²) in [5.74, 6) is -0.296. The molecular weight excluding hydrogens is 831 g/mol. The molecule has 0 bridgehead atoms. The third kappa shape index (κ3) is 11.4. The molecule has 1 saturated carbocycles. The largest absolute Gasteiger partial charge is 0.375 e. The van der Waals surface area contributed by atoms with Gasteiger partial charge in [-0.2, -0.15) is 0 Å². The van der Waals surface area contributed by atoms with E-state index in [9.17, 15) is 14.4 Å². The molecule has 4 heterocycles. The lowest BCUT2D eigenvalue weighted by atomic mass is 9.81. The Hall–Kier alpha value is -4.13. The average Bonchev–Trinajstić information content (AvgIpc) is 4.09. The minimum absolute atomic E-state index is 0.0190. The van der Waals surface area contributed by atoms with Crippen molar-refractivity contribution in [3.8, 4) is 22.5 Å². The Balaban J connectivity index is 1.38. The van der Waals surface area contributed by atoms with E-state index in [2.05, 4.69) is 107 Å². The first-order valence-electron chi connectivity index (χ1n) is 24.9. The van der Waals surface area contributed by atoms with E-state index in [4.69, 9.17) is 14.7 Å². The topological polar surface area (TPSA) is 122 Å². The Morgan fingerprint density at radius 1 is 1.03 bits per heavy atom. The Morgan fingerprint density at radius 3 is 2.42 bits per heavy atom. The van der Waals surface area contributed by atoms with Gasteiger partial charge in [-0.1, -0.05) is 86.6 Å². The lowest BCUT2D eigenvalue weighted by Crippen LogP contribution is -2.60. The van der Waals surface area contributed by atoms with Crippen molar-refractivity contribution >= 4 is 40.0 Å². The fourth-order valence-corrected chi connectivity index (χ4v) is 11.1. The first kappa shape index (κ1) is 50.3. The minimum Gasteiger partial charge on any atom is -0.375 e. The number of thiazole rings is 1. The van der Waals surface area contributed by atoms with Crippen molar-refractivity contribution in [2.45, 2.75) is 171 Å². The molecule has 1 aliphatic heterocycles. The zero-order valence-corrected chi connectivity index (χ0v) is 42.3. The third-order valence-electron chi connectivity index (χ3n) is 14.8. The first-order valence-corrected chi connectivity index (χ1v) is 25.8. The summed E-state index contributed by atoms with van der Waals surface area (Å²) in [5.41, 5.74) is 12.2. The molecule has 2 fully saturated rings. The summed E-state index contributed by atoms with van der Waals surface area (Å²) in [6, 6.07) is 7.56. The van der Waals surface area contributed by atoms with Crippen molar-refractivity contribution in [1.82, 2.24) is 35.2 Å². The number of benzene rings is 1. The molecule has 1 aliphatic carbocycles. The summed E-state index contributed by atoms with van der Waals surface area (Å²) in [7, 11) is 3.55. The van der Waals surface area contributed by atoms with Crippen LogP contribution in [0.15, 0.2) is 35.8 Å². The molecule has 5 atom stereocenters. The van der Waals surface area contributed by atoms with Crippen LogP contribution >= 0.6 is 11.3 Å². The molecule has 1 aromatic carbocycles. The molecule has 5 unspecified atom stereocenters. The molecule has 65 heavy (non-hydrogen) atoms. The molecule has 4 aromatic rings. The fraction of sp³-hybridized carbons (Fsp3) is 0.642. The summed E-state index contributed by atoms with van der Waals surface area (Å²) in [6.07, 6.45) is 13.4. The molecule has 1 saturated heterocycles. The van der Waals surface area contributed by atoms with Crippen LogP contribution in [0.5, 0.6) is 0 Å². The van der Waals surface area contributed by atoms with Gasteiger partial charge in [-0.3, -0.25) is 24.4 Å². The van der Waals surface area contributed by atoms with Crippen molar-refractivity contribution in [2.24, 2.45) is 23.2 Å². The maximum Gasteiger partial charge on any atom is 0.259 e. The Kier molecular flexibility index (Phi) is 17.5. The Labute approximate surface area is 393 Å². The first-order chi connectivity index (χ1) is 31.2. The van der Waals surface area contributed by atoms with Crippen LogP contribution in [-0.4, -0.2) is 81.5 Å². The van der Waals surface area contributed by atoms with Gasteiger partial charge < -0.3 is 19.5 Å². The predicted molar refractivity (Wildman–Crippen MR) is 265 cm³/mol. The standard InChI is InChI=1S/C53H79N7O4S/c1-12-21-36-28-41(47(54-32-36)35(7)64-11)49-42(31-53(8,9)15-4)40-29-38(24-25-45(40)59(49)16-5)44-33-65-46(56-44)30-43(52(63)60-27-20-19-26-55-60)57-50(61)48(37-22-17-18-23-37)58(10)51(62)39(14-3)34(6)13-2/h24-25,28-29,32-35,37,39,43,48,55H,12-23,26-27,30-31H2,1-11H3,(H,57,61). The van der Waals surface area contributed by atoms with Crippen molar-refractivity contribution in [3.05, 3.63) is 57.7 Å². The molecule has 3 amide bonds. The van der Waals surface area contributed by atoms with Crippen molar-refractivity contribution in [1.29, 1.82) is 0 Å². The number of carbonyl (C=O) groups excluding carboxylic acids is 3. The van der Waals surface area contributed by atoms with Crippen LogP contribution in [0.25, 0.3) is 33.4 Å². The van der Waals surface area contributed by atoms with Crippen LogP contribution in [0, 0.1) is 23.2 Å². The van der Waals surface area contributed by atoms with Crippen LogP contribution in [0.4, 0.5) is 0 Å². The number of hydrazine groups is 1. The number of amides is 3. The Morgan fingerprint density at radius 2 is 1.78 bits per heavy atom. The molecule has 356 valence electrons. The number of aryl methyl sites for hydroxylation is 2. The lowest BCUT2D eigenvalue weighted by molar-refractivity contribution is -0.147. The second-order valence-corrected chi connectivity index (χ2v) is 20.7. The number of nitrogens with one attached hydrogen (secondary N) is 2. The van der Waals surface area contributed by atoms with Gasteiger partial charge >= 0.3 is 0 Å². The van der Waals surface area contributed by atoms with E-state index in [1.165, 1.54) is 39.1 Å². The number of likely N-dealkylation sites (N-methyl/N-ethyl adjacent to an activating group) is 1. The number of nitrogens with zero attached hydrogens (tertiary/aromatic N) is 5. The predicted octanol–water partition coefficient (Wildman–Crippen LogP) is 10.7. The summed E-state index contributed by atoms with van der Waals surface area (Å²) < 4.78 is 8.37. The summed E-state index contributed by atoms with van der Waals surface area (Å²) >= 11 is 1.52. The van der Waals surface area contributed by atoms with Gasteiger partial charge in [0.25, 0.3) is 5.91 Å². The molecule has 6 rings (SSSR count). The number of rotatable bonds is 21. The number of hydrogen-bond donors (Lipinski definition) is 2. The van der Waals surface area contributed by atoms with Gasteiger partial charge in [0.15, 0.2) is 0 Å². The molecule has 11 nitrogen and oxygen atoms in total. The molecular formula is C53H79N7O4S. The van der Waals surface area contributed by atoms with Crippen LogP contribution in [0.3, 0.4) is 0 Å². The smallest absolute Gasteiger partial charge is 0.259 e. The summed E-state index contributed by atoms with van der Waals surface area (Å²) in [6.45, 7) is 21.9. The number of methoxy groups -OCH3 is 1. The molecule has 2 N–H and O–H groups in total. The van der Waals surface area contributed by atoms with Crippen LogP contribution in [0.1, 0.15) is 154 Å². The maximum absolute atomic E-state index is 14.7. The van der Waals surface area contributed by atoms with Crippen molar-refractivity contribution < 1.29 is 19.1 Å². The number of aromatic nitrogens is 3. The van der Waals surface area contributed by atoms with Gasteiger partial charge in [-0.15, -0.1) is 11.3 Å². The zero-order valence-electron chi connectivity index (χ0n) is 41.5. The van der Waals surface area contributed by atoms with Gasteiger partial charge in [-0.05, 0) is 105 Å². The molecule has 3 aromatic heterocycles. The van der Waals surface area contributed by atoms with Gasteiger partial charge in [0.05, 0.1) is 28.2 Å². The highest BCUT2D eigenvalue weighted by atomic mass is 32.1. The van der Waals surface area contributed by atoms with Gasteiger partial charge in [-0.25, -0.2) is 10.4 Å². The number of hydrogen-bond acceptors (Lipinski definition) is 8. The molecule has 2 aliphatic rings. The van der Waals surface area contributed by atoms with E-state index >= 15 is 0 Å². The Bertz CT molecular complexity index is 2240. The highest BCUT2D eigenvalue weighted by molar-refractivity contribution is 7.10.